The predicted molar refractivity (Wildman–Crippen MR) is 111 cm³/mol. The van der Waals surface area contributed by atoms with Crippen molar-refractivity contribution in [2.75, 3.05) is 39.5 Å². The highest BCUT2D eigenvalue weighted by atomic mass is 32.2. The zero-order chi connectivity index (χ0) is 22.7. The molecular formula is C21H22FN3O6S. The summed E-state index contributed by atoms with van der Waals surface area (Å²) in [7, 11) is -3.78. The highest BCUT2D eigenvalue weighted by Crippen LogP contribution is 2.32. The van der Waals surface area contributed by atoms with E-state index in [0.29, 0.717) is 30.0 Å². The number of carbonyl (C=O) groups excluding carboxylic acids is 2. The number of fused-ring (bicyclic) bond motifs is 1. The molecule has 4 rings (SSSR count). The van der Waals surface area contributed by atoms with Gasteiger partial charge in [0.05, 0.1) is 11.4 Å². The van der Waals surface area contributed by atoms with Gasteiger partial charge in [0.2, 0.25) is 22.7 Å². The van der Waals surface area contributed by atoms with Gasteiger partial charge in [-0.3, -0.25) is 9.59 Å². The Labute approximate surface area is 184 Å². The summed E-state index contributed by atoms with van der Waals surface area (Å²) < 4.78 is 50.5. The van der Waals surface area contributed by atoms with E-state index in [9.17, 15) is 22.4 Å². The van der Waals surface area contributed by atoms with Crippen molar-refractivity contribution in [1.82, 2.24) is 14.5 Å². The summed E-state index contributed by atoms with van der Waals surface area (Å²) >= 11 is 0. The van der Waals surface area contributed by atoms with Crippen molar-refractivity contribution < 1.29 is 31.9 Å². The number of hydrogen-bond donors (Lipinski definition) is 1. The molecule has 1 N–H and O–H groups in total. The number of halogens is 1. The predicted octanol–water partition coefficient (Wildman–Crippen LogP) is 1.21. The number of nitrogens with one attached hydrogen (secondary N) is 1. The van der Waals surface area contributed by atoms with Crippen molar-refractivity contribution in [3.05, 3.63) is 53.8 Å². The maximum Gasteiger partial charge on any atom is 0.251 e. The smallest absolute Gasteiger partial charge is 0.251 e. The first kappa shape index (κ1) is 22.0. The molecule has 0 aromatic heterocycles. The quantitative estimate of drug-likeness (QED) is 0.715. The number of hydrogen-bond acceptors (Lipinski definition) is 6. The lowest BCUT2D eigenvalue weighted by molar-refractivity contribution is -0.129. The topological polar surface area (TPSA) is 105 Å². The van der Waals surface area contributed by atoms with Crippen LogP contribution in [0.5, 0.6) is 11.5 Å². The van der Waals surface area contributed by atoms with E-state index >= 15 is 0 Å². The van der Waals surface area contributed by atoms with Crippen molar-refractivity contribution in [2.24, 2.45) is 0 Å². The van der Waals surface area contributed by atoms with Gasteiger partial charge in [-0.15, -0.1) is 0 Å². The third-order valence-electron chi connectivity index (χ3n) is 5.29. The zero-order valence-electron chi connectivity index (χ0n) is 17.1. The van der Waals surface area contributed by atoms with E-state index in [0.717, 1.165) is 12.1 Å². The molecule has 2 aliphatic rings. The number of benzene rings is 2. The van der Waals surface area contributed by atoms with Gasteiger partial charge in [0.25, 0.3) is 5.91 Å². The van der Waals surface area contributed by atoms with E-state index in [-0.39, 0.29) is 43.8 Å². The highest BCUT2D eigenvalue weighted by Gasteiger charge is 2.28. The molecule has 1 saturated heterocycles. The second-order valence-electron chi connectivity index (χ2n) is 7.34. The summed E-state index contributed by atoms with van der Waals surface area (Å²) in [4.78, 5) is 26.5. The van der Waals surface area contributed by atoms with Gasteiger partial charge >= 0.3 is 0 Å². The Balaban J connectivity index is 1.32. The molecule has 1 fully saturated rings. The van der Waals surface area contributed by atoms with Crippen molar-refractivity contribution in [3.8, 4) is 11.5 Å². The Bertz CT molecular complexity index is 1120. The van der Waals surface area contributed by atoms with Crippen molar-refractivity contribution in [2.45, 2.75) is 11.3 Å². The first-order chi connectivity index (χ1) is 15.3. The molecule has 170 valence electrons. The molecule has 2 aliphatic heterocycles. The fraction of sp³-hybridized carbons (Fsp3) is 0.333. The van der Waals surface area contributed by atoms with Gasteiger partial charge in [-0.1, -0.05) is 0 Å². The lowest BCUT2D eigenvalue weighted by Gasteiger charge is -2.22. The van der Waals surface area contributed by atoms with Crippen LogP contribution in [-0.2, 0) is 14.8 Å². The first-order valence-corrected chi connectivity index (χ1v) is 11.5. The lowest BCUT2D eigenvalue weighted by atomic mass is 10.2. The summed E-state index contributed by atoms with van der Waals surface area (Å²) in [5.41, 5.74) is 0.342. The van der Waals surface area contributed by atoms with Gasteiger partial charge in [-0.05, 0) is 48.9 Å². The largest absolute Gasteiger partial charge is 0.454 e. The van der Waals surface area contributed by atoms with Crippen LogP contribution in [0.25, 0.3) is 0 Å². The van der Waals surface area contributed by atoms with Crippen molar-refractivity contribution in [3.63, 3.8) is 0 Å². The molecule has 0 aliphatic carbocycles. The Kier molecular flexibility index (Phi) is 6.28. The second-order valence-corrected chi connectivity index (χ2v) is 9.28. The summed E-state index contributed by atoms with van der Waals surface area (Å²) in [6.07, 6.45) is 0.447. The molecule has 0 atom stereocenters. The number of nitrogens with zero attached hydrogens (tertiary/aromatic N) is 2. The molecule has 9 nitrogen and oxygen atoms in total. The highest BCUT2D eigenvalue weighted by molar-refractivity contribution is 7.89. The van der Waals surface area contributed by atoms with E-state index in [2.05, 4.69) is 5.32 Å². The molecule has 0 spiro atoms. The molecule has 0 bridgehead atoms. The SMILES string of the molecule is O=C(NCC(=O)N1CCCN(S(=O)(=O)c2ccc(F)cc2)CC1)c1ccc2c(c1)OCO2. The molecule has 0 unspecified atom stereocenters. The minimum atomic E-state index is -3.78. The molecule has 0 radical (unpaired) electrons. The molecule has 2 aromatic carbocycles. The monoisotopic (exact) mass is 463 g/mol. The van der Waals surface area contributed by atoms with Crippen molar-refractivity contribution >= 4 is 21.8 Å². The van der Waals surface area contributed by atoms with Crippen LogP contribution >= 0.6 is 0 Å². The average Bonchev–Trinajstić information content (AvgIpc) is 3.11. The second kappa shape index (κ2) is 9.13. The Morgan fingerprint density at radius 2 is 1.72 bits per heavy atom. The standard InChI is InChI=1S/C21H22FN3O6S/c22-16-3-5-17(6-4-16)32(28,29)25-9-1-8-24(10-11-25)20(26)13-23-21(27)15-2-7-18-19(12-15)31-14-30-18/h2-7,12H,1,8-11,13-14H2,(H,23,27). The number of amides is 2. The Morgan fingerprint density at radius 1 is 0.969 bits per heavy atom. The van der Waals surface area contributed by atoms with Gasteiger partial charge in [0.15, 0.2) is 11.5 Å². The Hall–Kier alpha value is -3.18. The van der Waals surface area contributed by atoms with Gasteiger partial charge in [0, 0.05) is 31.7 Å². The maximum atomic E-state index is 13.1. The first-order valence-electron chi connectivity index (χ1n) is 10.1. The minimum Gasteiger partial charge on any atom is -0.454 e. The molecule has 2 heterocycles. The maximum absolute atomic E-state index is 13.1. The van der Waals surface area contributed by atoms with E-state index in [1.54, 1.807) is 18.2 Å². The minimum absolute atomic E-state index is 0.00895. The number of carbonyl (C=O) groups is 2. The van der Waals surface area contributed by atoms with Gasteiger partial charge in [-0.25, -0.2) is 12.8 Å². The summed E-state index contributed by atoms with van der Waals surface area (Å²) in [6, 6.07) is 9.41. The molecule has 32 heavy (non-hydrogen) atoms. The van der Waals surface area contributed by atoms with Crippen LogP contribution in [0.4, 0.5) is 4.39 Å². The van der Waals surface area contributed by atoms with Crippen LogP contribution in [-0.4, -0.2) is 69.0 Å². The lowest BCUT2D eigenvalue weighted by Crippen LogP contribution is -2.42. The average molecular weight is 463 g/mol. The zero-order valence-corrected chi connectivity index (χ0v) is 17.9. The van der Waals surface area contributed by atoms with Crippen LogP contribution in [0.3, 0.4) is 0 Å². The van der Waals surface area contributed by atoms with Crippen LogP contribution in [0.1, 0.15) is 16.8 Å². The van der Waals surface area contributed by atoms with Crippen LogP contribution in [0, 0.1) is 5.82 Å². The van der Waals surface area contributed by atoms with Gasteiger partial charge < -0.3 is 19.7 Å². The third kappa shape index (κ3) is 4.68. The third-order valence-corrected chi connectivity index (χ3v) is 7.21. The molecular weight excluding hydrogens is 441 g/mol. The van der Waals surface area contributed by atoms with Gasteiger partial charge in [0.1, 0.15) is 5.82 Å². The van der Waals surface area contributed by atoms with Crippen molar-refractivity contribution in [1.29, 1.82) is 0 Å². The molecule has 2 amide bonds. The van der Waals surface area contributed by atoms with E-state index < -0.39 is 21.7 Å². The summed E-state index contributed by atoms with van der Waals surface area (Å²) in [6.45, 7) is 0.807. The van der Waals surface area contributed by atoms with E-state index in [1.165, 1.54) is 21.3 Å². The molecule has 11 heteroatoms. The molecule has 0 saturated carbocycles. The fourth-order valence-electron chi connectivity index (χ4n) is 3.55. The van der Waals surface area contributed by atoms with Gasteiger partial charge in [-0.2, -0.15) is 4.31 Å². The normalized spacial score (nSPS) is 16.5. The van der Waals surface area contributed by atoms with Crippen LogP contribution in [0.15, 0.2) is 47.4 Å². The van der Waals surface area contributed by atoms with Crippen LogP contribution < -0.4 is 14.8 Å². The molecule has 2 aromatic rings. The fourth-order valence-corrected chi connectivity index (χ4v) is 5.02. The summed E-state index contributed by atoms with van der Waals surface area (Å²) in [5, 5.41) is 2.59. The Morgan fingerprint density at radius 3 is 2.50 bits per heavy atom. The van der Waals surface area contributed by atoms with Crippen LogP contribution in [0.2, 0.25) is 0 Å². The van der Waals surface area contributed by atoms with E-state index in [1.807, 2.05) is 0 Å². The van der Waals surface area contributed by atoms with E-state index in [4.69, 9.17) is 9.47 Å². The number of ether oxygens (including phenoxy) is 2. The summed E-state index contributed by atoms with van der Waals surface area (Å²) in [5.74, 6) is -0.215. The number of rotatable bonds is 5. The number of sulfonamides is 1.